The number of nitrogens with two attached hydrogens (primary N) is 3. The topological polar surface area (TPSA) is 310 Å². The minimum absolute atomic E-state index is 0.0308. The molecule has 0 aliphatic heterocycles. The SMILES string of the molecule is CSCC[C@H](NC(=O)[C@H](Cc1ccccc1)NC(=O)CNC(=O)CNC(=O)[C@@H](N)Cc1ccc(O)cc1)C(=O)N[C@@H](CCCCN)C(=O)N[C@@H](CCCCN)C(=O)O. The molecule has 18 nitrogen and oxygen atoms in total. The first-order valence-corrected chi connectivity index (χ1v) is 20.6. The first-order valence-electron chi connectivity index (χ1n) is 19.2. The molecule has 2 aromatic rings. The van der Waals surface area contributed by atoms with E-state index in [1.54, 1.807) is 42.5 Å². The maximum atomic E-state index is 13.8. The second kappa shape index (κ2) is 27.4. The van der Waals surface area contributed by atoms with Crippen molar-refractivity contribution in [1.29, 1.82) is 0 Å². The lowest BCUT2D eigenvalue weighted by Gasteiger charge is -2.26. The van der Waals surface area contributed by atoms with E-state index in [0.717, 1.165) is 0 Å². The molecule has 14 N–H and O–H groups in total. The largest absolute Gasteiger partial charge is 0.508 e. The van der Waals surface area contributed by atoms with Crippen LogP contribution >= 0.6 is 11.8 Å². The highest BCUT2D eigenvalue weighted by Crippen LogP contribution is 2.12. The summed E-state index contributed by atoms with van der Waals surface area (Å²) in [6.45, 7) is -0.286. The lowest BCUT2D eigenvalue weighted by Crippen LogP contribution is -2.58. The molecule has 5 atom stereocenters. The van der Waals surface area contributed by atoms with E-state index in [0.29, 0.717) is 55.7 Å². The average molecular weight is 830 g/mol. The number of amides is 6. The van der Waals surface area contributed by atoms with Gasteiger partial charge < -0.3 is 59.3 Å². The van der Waals surface area contributed by atoms with Gasteiger partial charge in [0.05, 0.1) is 19.1 Å². The van der Waals surface area contributed by atoms with Crippen LogP contribution in [0.1, 0.15) is 56.1 Å². The summed E-state index contributed by atoms with van der Waals surface area (Å²) >= 11 is 1.43. The van der Waals surface area contributed by atoms with Crippen LogP contribution in [0, 0.1) is 0 Å². The number of phenolic OH excluding ortho intramolecular Hbond substituents is 1. The van der Waals surface area contributed by atoms with Crippen LogP contribution in [0.4, 0.5) is 0 Å². The molecular formula is C39H59N9O9S. The number of aromatic hydroxyl groups is 1. The molecule has 0 saturated carbocycles. The minimum Gasteiger partial charge on any atom is -0.508 e. The van der Waals surface area contributed by atoms with Crippen molar-refractivity contribution in [3.8, 4) is 5.75 Å². The number of carbonyl (C=O) groups is 7. The van der Waals surface area contributed by atoms with Crippen molar-refractivity contribution in [3.63, 3.8) is 0 Å². The molecule has 0 heterocycles. The van der Waals surface area contributed by atoms with E-state index >= 15 is 0 Å². The van der Waals surface area contributed by atoms with Crippen LogP contribution in [0.3, 0.4) is 0 Å². The van der Waals surface area contributed by atoms with Crippen molar-refractivity contribution in [2.45, 2.75) is 88.0 Å². The van der Waals surface area contributed by atoms with Crippen molar-refractivity contribution in [2.75, 3.05) is 38.2 Å². The van der Waals surface area contributed by atoms with E-state index in [2.05, 4.69) is 31.9 Å². The van der Waals surface area contributed by atoms with Crippen LogP contribution < -0.4 is 49.1 Å². The third-order valence-electron chi connectivity index (χ3n) is 8.92. The second-order valence-electron chi connectivity index (χ2n) is 13.7. The lowest BCUT2D eigenvalue weighted by molar-refractivity contribution is -0.142. The molecule has 0 aliphatic carbocycles. The van der Waals surface area contributed by atoms with Gasteiger partial charge >= 0.3 is 5.97 Å². The molecule has 58 heavy (non-hydrogen) atoms. The van der Waals surface area contributed by atoms with Gasteiger partial charge in [0.1, 0.15) is 29.9 Å². The normalized spacial score (nSPS) is 13.4. The van der Waals surface area contributed by atoms with E-state index in [1.165, 1.54) is 23.9 Å². The number of thioether (sulfide) groups is 1. The zero-order valence-corrected chi connectivity index (χ0v) is 33.7. The summed E-state index contributed by atoms with van der Waals surface area (Å²) in [6.07, 6.45) is 4.57. The predicted octanol–water partition coefficient (Wildman–Crippen LogP) is -1.23. The van der Waals surface area contributed by atoms with E-state index in [-0.39, 0.29) is 37.9 Å². The van der Waals surface area contributed by atoms with Gasteiger partial charge in [-0.3, -0.25) is 28.8 Å². The standard InChI is InChI=1S/C39H59N9O9S/c1-58-20-17-30(37(54)46-29(11-5-7-18-40)36(53)48-31(39(56)57)12-6-8-19-41)47-38(55)32(22-25-9-3-2-4-10-25)45-34(51)24-43-33(50)23-44-35(52)28(42)21-26-13-15-27(49)16-14-26/h2-4,9-10,13-16,28-32,49H,5-8,11-12,17-24,40-42H2,1H3,(H,43,50)(H,44,52)(H,45,51)(H,46,54)(H,47,55)(H,48,53)(H,56,57)/t28-,29-,30-,31-,32-/m0/s1. The molecule has 0 radical (unpaired) electrons. The quantitative estimate of drug-likeness (QED) is 0.0449. The number of unbranched alkanes of at least 4 members (excludes halogenated alkanes) is 2. The van der Waals surface area contributed by atoms with Crippen LogP contribution in [-0.4, -0.2) is 120 Å². The zero-order chi connectivity index (χ0) is 42.9. The van der Waals surface area contributed by atoms with Gasteiger partial charge in [0.15, 0.2) is 0 Å². The van der Waals surface area contributed by atoms with Crippen molar-refractivity contribution in [2.24, 2.45) is 17.2 Å². The van der Waals surface area contributed by atoms with Crippen molar-refractivity contribution in [3.05, 3.63) is 65.7 Å². The summed E-state index contributed by atoms with van der Waals surface area (Å²) in [4.78, 5) is 90.8. The molecule has 2 rings (SSSR count). The Morgan fingerprint density at radius 1 is 0.603 bits per heavy atom. The molecule has 0 saturated heterocycles. The van der Waals surface area contributed by atoms with E-state index in [9.17, 15) is 43.8 Å². The Hall–Kier alpha value is -5.24. The number of hydrogen-bond donors (Lipinski definition) is 11. The van der Waals surface area contributed by atoms with Crippen molar-refractivity contribution >= 4 is 53.2 Å². The molecule has 0 spiro atoms. The number of benzene rings is 2. The Morgan fingerprint density at radius 2 is 1.12 bits per heavy atom. The number of hydrogen-bond acceptors (Lipinski definition) is 12. The predicted molar refractivity (Wildman–Crippen MR) is 220 cm³/mol. The van der Waals surface area contributed by atoms with Crippen LogP contribution in [0.15, 0.2) is 54.6 Å². The summed E-state index contributed by atoms with van der Waals surface area (Å²) in [5.74, 6) is -4.77. The van der Waals surface area contributed by atoms with Crippen LogP contribution in [0.5, 0.6) is 5.75 Å². The lowest BCUT2D eigenvalue weighted by atomic mass is 10.0. The van der Waals surface area contributed by atoms with Gasteiger partial charge in [-0.2, -0.15) is 11.8 Å². The number of aliphatic carboxylic acids is 1. The molecule has 19 heteroatoms. The summed E-state index contributed by atoms with van der Waals surface area (Å²) in [5.41, 5.74) is 18.5. The number of rotatable bonds is 28. The fraction of sp³-hybridized carbons (Fsp3) is 0.513. The summed E-state index contributed by atoms with van der Waals surface area (Å²) in [6, 6.07) is 9.38. The highest BCUT2D eigenvalue weighted by molar-refractivity contribution is 7.98. The number of nitrogens with one attached hydrogen (secondary N) is 6. The second-order valence-corrected chi connectivity index (χ2v) is 14.6. The summed E-state index contributed by atoms with van der Waals surface area (Å²) < 4.78 is 0. The third kappa shape index (κ3) is 19.3. The Kier molecular flexibility index (Phi) is 23.1. The zero-order valence-electron chi connectivity index (χ0n) is 32.9. The van der Waals surface area contributed by atoms with Gasteiger partial charge in [-0.05, 0) is 99.7 Å². The van der Waals surface area contributed by atoms with Gasteiger partial charge in [-0.25, -0.2) is 4.79 Å². The van der Waals surface area contributed by atoms with E-state index in [4.69, 9.17) is 17.2 Å². The molecule has 6 amide bonds. The smallest absolute Gasteiger partial charge is 0.326 e. The summed E-state index contributed by atoms with van der Waals surface area (Å²) in [5, 5.41) is 34.5. The maximum absolute atomic E-state index is 13.8. The fourth-order valence-corrected chi connectivity index (χ4v) is 6.13. The van der Waals surface area contributed by atoms with Gasteiger partial charge in [0, 0.05) is 6.42 Å². The Balaban J connectivity index is 2.11. The Morgan fingerprint density at radius 3 is 1.69 bits per heavy atom. The first-order chi connectivity index (χ1) is 27.8. The number of carbonyl (C=O) groups excluding carboxylic acids is 6. The van der Waals surface area contributed by atoms with E-state index < -0.39 is 84.7 Å². The molecule has 0 bridgehead atoms. The Bertz CT molecular complexity index is 1620. The molecule has 0 unspecified atom stereocenters. The first kappa shape index (κ1) is 48.9. The number of carboxylic acids is 1. The molecule has 0 aromatic heterocycles. The van der Waals surface area contributed by atoms with Crippen molar-refractivity contribution in [1.82, 2.24) is 31.9 Å². The van der Waals surface area contributed by atoms with Gasteiger partial charge in [-0.1, -0.05) is 42.5 Å². The fourth-order valence-electron chi connectivity index (χ4n) is 5.66. The molecule has 2 aromatic carbocycles. The monoisotopic (exact) mass is 829 g/mol. The van der Waals surface area contributed by atoms with Crippen LogP contribution in [0.2, 0.25) is 0 Å². The van der Waals surface area contributed by atoms with E-state index in [1.807, 2.05) is 6.26 Å². The average Bonchev–Trinajstić information content (AvgIpc) is 3.20. The third-order valence-corrected chi connectivity index (χ3v) is 9.56. The highest BCUT2D eigenvalue weighted by Gasteiger charge is 2.31. The Labute approximate surface area is 343 Å². The summed E-state index contributed by atoms with van der Waals surface area (Å²) in [7, 11) is 0. The van der Waals surface area contributed by atoms with Gasteiger partial charge in [-0.15, -0.1) is 0 Å². The molecule has 0 fully saturated rings. The number of phenols is 1. The molecule has 0 aliphatic rings. The van der Waals surface area contributed by atoms with Crippen LogP contribution in [-0.2, 0) is 46.4 Å². The van der Waals surface area contributed by atoms with Gasteiger partial charge in [0.2, 0.25) is 35.4 Å². The number of carboxylic acid groups (broad SMARTS) is 1. The maximum Gasteiger partial charge on any atom is 0.326 e. The minimum atomic E-state index is -1.22. The molecular weight excluding hydrogens is 771 g/mol. The van der Waals surface area contributed by atoms with Crippen LogP contribution in [0.25, 0.3) is 0 Å². The highest BCUT2D eigenvalue weighted by atomic mass is 32.2. The van der Waals surface area contributed by atoms with Crippen molar-refractivity contribution < 1.29 is 43.8 Å². The molecule has 320 valence electrons. The van der Waals surface area contributed by atoms with Gasteiger partial charge in [0.25, 0.3) is 0 Å².